The van der Waals surface area contributed by atoms with Gasteiger partial charge >= 0.3 is 5.69 Å². The summed E-state index contributed by atoms with van der Waals surface area (Å²) in [5, 5.41) is 25.7. The first kappa shape index (κ1) is 20.0. The minimum Gasteiger partial charge on any atom is -0.502 e. The summed E-state index contributed by atoms with van der Waals surface area (Å²) in [7, 11) is 0. The molecule has 1 N–H and O–H groups in total. The van der Waals surface area contributed by atoms with E-state index in [4.69, 9.17) is 11.6 Å². The van der Waals surface area contributed by atoms with Crippen molar-refractivity contribution in [1.82, 2.24) is 9.66 Å². The number of aryl methyl sites for hydroxylation is 1. The average Bonchev–Trinajstić information content (AvgIpc) is 2.64. The van der Waals surface area contributed by atoms with Crippen molar-refractivity contribution in [2.75, 3.05) is 0 Å². The highest BCUT2D eigenvalue weighted by atomic mass is 79.9. The van der Waals surface area contributed by atoms with E-state index in [9.17, 15) is 20.0 Å². The molecule has 0 saturated carbocycles. The van der Waals surface area contributed by atoms with Gasteiger partial charge in [0.1, 0.15) is 5.82 Å². The lowest BCUT2D eigenvalue weighted by molar-refractivity contribution is -0.385. The molecular formula is C18H14BrClN4O4. The van der Waals surface area contributed by atoms with Crippen molar-refractivity contribution in [2.45, 2.75) is 19.8 Å². The molecule has 0 saturated heterocycles. The maximum absolute atomic E-state index is 12.9. The summed E-state index contributed by atoms with van der Waals surface area (Å²) in [6.45, 7) is 1.94. The van der Waals surface area contributed by atoms with Crippen molar-refractivity contribution in [1.29, 1.82) is 0 Å². The van der Waals surface area contributed by atoms with Crippen LogP contribution in [0.5, 0.6) is 5.75 Å². The number of hydrogen-bond acceptors (Lipinski definition) is 6. The number of phenols is 1. The van der Waals surface area contributed by atoms with Gasteiger partial charge in [-0.3, -0.25) is 14.9 Å². The number of nitrogens with zero attached hydrogens (tertiary/aromatic N) is 4. The monoisotopic (exact) mass is 464 g/mol. The maximum Gasteiger partial charge on any atom is 0.312 e. The maximum atomic E-state index is 12.9. The molecule has 0 aliphatic carbocycles. The number of aromatic nitrogens is 2. The first-order chi connectivity index (χ1) is 13.3. The number of benzene rings is 2. The molecule has 144 valence electrons. The highest BCUT2D eigenvalue weighted by molar-refractivity contribution is 9.10. The van der Waals surface area contributed by atoms with E-state index in [0.29, 0.717) is 23.1 Å². The minimum atomic E-state index is -0.748. The van der Waals surface area contributed by atoms with Gasteiger partial charge in [0.05, 0.1) is 22.0 Å². The Hall–Kier alpha value is -2.78. The van der Waals surface area contributed by atoms with Crippen molar-refractivity contribution in [3.05, 3.63) is 71.7 Å². The summed E-state index contributed by atoms with van der Waals surface area (Å²) < 4.78 is 1.85. The fourth-order valence-corrected chi connectivity index (χ4v) is 3.24. The van der Waals surface area contributed by atoms with E-state index < -0.39 is 16.4 Å². The number of phenolic OH excluding ortho intramolecular Hbond substituents is 1. The first-order valence-corrected chi connectivity index (χ1v) is 9.41. The number of halogens is 2. The molecule has 10 heteroatoms. The highest BCUT2D eigenvalue weighted by Crippen LogP contribution is 2.32. The first-order valence-electron chi connectivity index (χ1n) is 8.24. The largest absolute Gasteiger partial charge is 0.502 e. The van der Waals surface area contributed by atoms with Gasteiger partial charge in [0, 0.05) is 27.5 Å². The zero-order valence-corrected chi connectivity index (χ0v) is 16.9. The summed E-state index contributed by atoms with van der Waals surface area (Å²) in [6.07, 6.45) is 2.39. The topological polar surface area (TPSA) is 111 Å². The van der Waals surface area contributed by atoms with E-state index >= 15 is 0 Å². The van der Waals surface area contributed by atoms with Crippen molar-refractivity contribution < 1.29 is 10.0 Å². The highest BCUT2D eigenvalue weighted by Gasteiger charge is 2.18. The third kappa shape index (κ3) is 3.90. The lowest BCUT2D eigenvalue weighted by Crippen LogP contribution is -2.22. The van der Waals surface area contributed by atoms with Crippen LogP contribution in [-0.4, -0.2) is 25.9 Å². The number of nitro benzene ring substituents is 1. The molecule has 0 unspecified atom stereocenters. The second kappa shape index (κ2) is 8.07. The van der Waals surface area contributed by atoms with Crippen molar-refractivity contribution in [2.24, 2.45) is 5.10 Å². The zero-order valence-electron chi connectivity index (χ0n) is 14.6. The Labute approximate surface area is 172 Å². The number of rotatable bonds is 5. The van der Waals surface area contributed by atoms with Crippen LogP contribution in [0, 0.1) is 10.1 Å². The summed E-state index contributed by atoms with van der Waals surface area (Å²) >= 11 is 9.22. The molecular weight excluding hydrogens is 452 g/mol. The van der Waals surface area contributed by atoms with Gasteiger partial charge in [0.25, 0.3) is 5.56 Å². The molecule has 0 aliphatic heterocycles. The van der Waals surface area contributed by atoms with E-state index in [1.165, 1.54) is 6.07 Å². The Bertz CT molecular complexity index is 1180. The Morgan fingerprint density at radius 1 is 1.39 bits per heavy atom. The Morgan fingerprint density at radius 2 is 2.14 bits per heavy atom. The molecule has 1 heterocycles. The van der Waals surface area contributed by atoms with Gasteiger partial charge in [-0.05, 0) is 30.7 Å². The van der Waals surface area contributed by atoms with E-state index in [1.54, 1.807) is 18.2 Å². The molecule has 2 aromatic carbocycles. The fourth-order valence-electron chi connectivity index (χ4n) is 2.66. The van der Waals surface area contributed by atoms with Crippen LogP contribution in [0.2, 0.25) is 5.02 Å². The third-order valence-corrected chi connectivity index (χ3v) is 4.65. The molecule has 0 fully saturated rings. The van der Waals surface area contributed by atoms with Crippen molar-refractivity contribution in [3.63, 3.8) is 0 Å². The third-order valence-electron chi connectivity index (χ3n) is 3.94. The molecule has 0 aliphatic rings. The number of aromatic hydroxyl groups is 1. The van der Waals surface area contributed by atoms with Gasteiger partial charge in [-0.2, -0.15) is 9.78 Å². The average molecular weight is 466 g/mol. The Balaban J connectivity index is 2.19. The van der Waals surface area contributed by atoms with Gasteiger partial charge in [-0.15, -0.1) is 0 Å². The smallest absolute Gasteiger partial charge is 0.312 e. The van der Waals surface area contributed by atoms with Crippen LogP contribution < -0.4 is 5.56 Å². The Kier molecular flexibility index (Phi) is 5.76. The fraction of sp³-hybridized carbons (Fsp3) is 0.167. The van der Waals surface area contributed by atoms with Crippen LogP contribution in [0.1, 0.15) is 24.7 Å². The van der Waals surface area contributed by atoms with Gasteiger partial charge in [0.2, 0.25) is 5.75 Å². The molecule has 28 heavy (non-hydrogen) atoms. The van der Waals surface area contributed by atoms with Gasteiger partial charge in [-0.25, -0.2) is 4.98 Å². The van der Waals surface area contributed by atoms with Gasteiger partial charge in [0.15, 0.2) is 0 Å². The minimum absolute atomic E-state index is 0.0166. The van der Waals surface area contributed by atoms with Crippen LogP contribution in [-0.2, 0) is 6.42 Å². The molecule has 0 bridgehead atoms. The summed E-state index contributed by atoms with van der Waals surface area (Å²) in [5.41, 5.74) is -0.370. The molecule has 3 aromatic rings. The Morgan fingerprint density at radius 3 is 2.82 bits per heavy atom. The molecule has 3 rings (SSSR count). The van der Waals surface area contributed by atoms with Crippen LogP contribution in [0.4, 0.5) is 5.69 Å². The van der Waals surface area contributed by atoms with E-state index in [0.717, 1.165) is 27.9 Å². The van der Waals surface area contributed by atoms with Gasteiger partial charge in [-0.1, -0.05) is 34.5 Å². The SMILES string of the molecule is CCCc1nc2ccc(Br)cc2c(=O)n1N=Cc1cc(Cl)cc([N+](=O)[O-])c1O. The summed E-state index contributed by atoms with van der Waals surface area (Å²) in [5.74, 6) is -0.144. The molecule has 0 spiro atoms. The summed E-state index contributed by atoms with van der Waals surface area (Å²) in [4.78, 5) is 27.7. The van der Waals surface area contributed by atoms with Crippen LogP contribution in [0.25, 0.3) is 10.9 Å². The molecule has 8 nitrogen and oxygen atoms in total. The van der Waals surface area contributed by atoms with Crippen molar-refractivity contribution >= 4 is 50.3 Å². The molecule has 0 atom stereocenters. The molecule has 1 aromatic heterocycles. The second-order valence-electron chi connectivity index (χ2n) is 5.92. The molecule has 0 amide bonds. The van der Waals surface area contributed by atoms with Crippen molar-refractivity contribution in [3.8, 4) is 5.75 Å². The quantitative estimate of drug-likeness (QED) is 0.344. The lowest BCUT2D eigenvalue weighted by atomic mass is 10.2. The summed E-state index contributed by atoms with van der Waals surface area (Å²) in [6, 6.07) is 7.54. The normalized spacial score (nSPS) is 11.4. The predicted molar refractivity (Wildman–Crippen MR) is 110 cm³/mol. The second-order valence-corrected chi connectivity index (χ2v) is 7.27. The van der Waals surface area contributed by atoms with Crippen LogP contribution in [0.15, 0.2) is 44.7 Å². The molecule has 0 radical (unpaired) electrons. The van der Waals surface area contributed by atoms with E-state index in [2.05, 4.69) is 26.0 Å². The van der Waals surface area contributed by atoms with Crippen LogP contribution in [0.3, 0.4) is 0 Å². The van der Waals surface area contributed by atoms with E-state index in [1.807, 2.05) is 6.92 Å². The van der Waals surface area contributed by atoms with Crippen LogP contribution >= 0.6 is 27.5 Å². The van der Waals surface area contributed by atoms with E-state index in [-0.39, 0.29) is 16.1 Å². The lowest BCUT2D eigenvalue weighted by Gasteiger charge is -2.09. The standard InChI is InChI=1S/C18H14BrClN4O4/c1-2-3-16-22-14-5-4-11(19)7-13(14)18(26)23(16)21-9-10-6-12(20)8-15(17(10)25)24(27)28/h4-9,25H,2-3H2,1H3. The van der Waals surface area contributed by atoms with Gasteiger partial charge < -0.3 is 5.11 Å². The number of hydrogen-bond donors (Lipinski definition) is 1. The predicted octanol–water partition coefficient (Wildman–Crippen LogP) is 4.26. The number of nitro groups is 1. The number of fused-ring (bicyclic) bond motifs is 1. The zero-order chi connectivity index (χ0) is 20.4.